The first-order valence-corrected chi connectivity index (χ1v) is 8.66. The van der Waals surface area contributed by atoms with Crippen LogP contribution in [0, 0.1) is 0 Å². The molecule has 4 aromatic rings. The molecule has 0 spiro atoms. The Morgan fingerprint density at radius 3 is 2.07 bits per heavy atom. The summed E-state index contributed by atoms with van der Waals surface area (Å²) in [6, 6.07) is 30.2. The molecule has 0 saturated carbocycles. The molecule has 1 N–H and O–H groups in total. The summed E-state index contributed by atoms with van der Waals surface area (Å²) >= 11 is 0. The number of nitrogens with one attached hydrogen (secondary N) is 1. The Labute approximate surface area is 157 Å². The molecule has 1 heterocycles. The molecule has 0 bridgehead atoms. The summed E-state index contributed by atoms with van der Waals surface area (Å²) in [5, 5.41) is 5.45. The van der Waals surface area contributed by atoms with Gasteiger partial charge in [0.15, 0.2) is 0 Å². The molecule has 27 heavy (non-hydrogen) atoms. The van der Waals surface area contributed by atoms with Crippen LogP contribution in [0.2, 0.25) is 0 Å². The monoisotopic (exact) mass is 351 g/mol. The lowest BCUT2D eigenvalue weighted by Gasteiger charge is -2.08. The summed E-state index contributed by atoms with van der Waals surface area (Å²) in [7, 11) is 0. The smallest absolute Gasteiger partial charge is 0.213 e. The summed E-state index contributed by atoms with van der Waals surface area (Å²) in [6.45, 7) is 0. The molecule has 1 aromatic heterocycles. The van der Waals surface area contributed by atoms with E-state index >= 15 is 0 Å². The van der Waals surface area contributed by atoms with E-state index in [2.05, 4.69) is 15.5 Å². The number of anilines is 1. The zero-order valence-electron chi connectivity index (χ0n) is 14.5. The third kappa shape index (κ3) is 3.75. The molecule has 0 amide bonds. The number of benzene rings is 3. The Morgan fingerprint density at radius 2 is 1.33 bits per heavy atom. The molecule has 0 radical (unpaired) electrons. The van der Waals surface area contributed by atoms with Crippen LogP contribution in [0.4, 0.5) is 5.82 Å². The van der Waals surface area contributed by atoms with Crippen LogP contribution in [0.25, 0.3) is 10.9 Å². The van der Waals surface area contributed by atoms with Gasteiger partial charge in [0.1, 0.15) is 11.5 Å². The maximum absolute atomic E-state index is 13.0. The molecule has 4 rings (SSSR count). The molecule has 4 nitrogen and oxygen atoms in total. The van der Waals surface area contributed by atoms with Crippen molar-refractivity contribution in [3.8, 4) is 0 Å². The number of ketones is 1. The second-order valence-corrected chi connectivity index (χ2v) is 6.02. The Kier molecular flexibility index (Phi) is 4.70. The van der Waals surface area contributed by atoms with Gasteiger partial charge in [0.25, 0.3) is 0 Å². The highest BCUT2D eigenvalue weighted by atomic mass is 16.1. The Balaban J connectivity index is 1.70. The third-order valence-corrected chi connectivity index (χ3v) is 4.18. The topological polar surface area (TPSA) is 54.4 Å². The largest absolute Gasteiger partial charge is 0.287 e. The molecule has 4 heteroatoms. The van der Waals surface area contributed by atoms with Gasteiger partial charge in [0, 0.05) is 16.5 Å². The fourth-order valence-electron chi connectivity index (χ4n) is 2.81. The van der Waals surface area contributed by atoms with Gasteiger partial charge in [-0.3, -0.25) is 10.2 Å². The van der Waals surface area contributed by atoms with Crippen molar-refractivity contribution in [3.05, 3.63) is 108 Å². The van der Waals surface area contributed by atoms with E-state index in [9.17, 15) is 4.79 Å². The lowest BCUT2D eigenvalue weighted by Crippen LogP contribution is -2.17. The number of hydrazone groups is 1. The van der Waals surface area contributed by atoms with E-state index in [0.717, 1.165) is 16.5 Å². The third-order valence-electron chi connectivity index (χ3n) is 4.18. The molecule has 130 valence electrons. The maximum atomic E-state index is 13.0. The number of aromatic nitrogens is 1. The number of pyridine rings is 1. The number of nitrogens with zero attached hydrogens (tertiary/aromatic N) is 2. The van der Waals surface area contributed by atoms with Gasteiger partial charge in [-0.15, -0.1) is 0 Å². The van der Waals surface area contributed by atoms with Crippen molar-refractivity contribution in [2.24, 2.45) is 5.10 Å². The molecule has 0 unspecified atom stereocenters. The minimum absolute atomic E-state index is 0.143. The van der Waals surface area contributed by atoms with Crippen LogP contribution >= 0.6 is 0 Å². The van der Waals surface area contributed by atoms with Gasteiger partial charge >= 0.3 is 0 Å². The van der Waals surface area contributed by atoms with Gasteiger partial charge in [-0.1, -0.05) is 78.9 Å². The molecule has 0 fully saturated rings. The molecule has 0 aliphatic heterocycles. The SMILES string of the molecule is O=C(/C(=N/Nc1ccc2ccccc2n1)c1ccccc1)c1ccccc1. The van der Waals surface area contributed by atoms with Gasteiger partial charge in [-0.2, -0.15) is 5.10 Å². The van der Waals surface area contributed by atoms with Gasteiger partial charge in [0.05, 0.1) is 5.52 Å². The van der Waals surface area contributed by atoms with E-state index in [1.807, 2.05) is 84.9 Å². The van der Waals surface area contributed by atoms with E-state index in [4.69, 9.17) is 0 Å². The number of hydrogen-bond acceptors (Lipinski definition) is 4. The minimum atomic E-state index is -0.143. The highest BCUT2D eigenvalue weighted by molar-refractivity contribution is 6.51. The van der Waals surface area contributed by atoms with E-state index in [1.165, 1.54) is 0 Å². The van der Waals surface area contributed by atoms with Crippen molar-refractivity contribution < 1.29 is 4.79 Å². The van der Waals surface area contributed by atoms with Crippen molar-refractivity contribution in [2.75, 3.05) is 5.43 Å². The molecule has 3 aromatic carbocycles. The Hall–Kier alpha value is -3.79. The zero-order chi connectivity index (χ0) is 18.5. The maximum Gasteiger partial charge on any atom is 0.213 e. The summed E-state index contributed by atoms with van der Waals surface area (Å²) in [4.78, 5) is 17.5. The fraction of sp³-hybridized carbons (Fsp3) is 0. The van der Waals surface area contributed by atoms with Crippen molar-refractivity contribution in [1.29, 1.82) is 0 Å². The van der Waals surface area contributed by atoms with Crippen molar-refractivity contribution >= 4 is 28.2 Å². The molecule has 0 saturated heterocycles. The van der Waals surface area contributed by atoms with Gasteiger partial charge in [-0.05, 0) is 18.2 Å². The van der Waals surface area contributed by atoms with E-state index in [-0.39, 0.29) is 5.78 Å². The molecule has 0 atom stereocenters. The van der Waals surface area contributed by atoms with Crippen LogP contribution in [-0.2, 0) is 0 Å². The standard InChI is InChI=1S/C23H17N3O/c27-23(19-12-5-2-6-13-19)22(18-10-3-1-4-11-18)26-25-21-16-15-17-9-7-8-14-20(17)24-21/h1-16H,(H,24,25)/b26-22+. The normalized spacial score (nSPS) is 11.3. The number of hydrogen-bond donors (Lipinski definition) is 1. The van der Waals surface area contributed by atoms with Gasteiger partial charge in [-0.25, -0.2) is 4.98 Å². The minimum Gasteiger partial charge on any atom is -0.287 e. The number of carbonyl (C=O) groups is 1. The first-order chi connectivity index (χ1) is 13.3. The molecular formula is C23H17N3O. The van der Waals surface area contributed by atoms with Gasteiger partial charge in [0.2, 0.25) is 5.78 Å². The van der Waals surface area contributed by atoms with E-state index in [0.29, 0.717) is 17.1 Å². The molecular weight excluding hydrogens is 334 g/mol. The highest BCUT2D eigenvalue weighted by Crippen LogP contribution is 2.15. The highest BCUT2D eigenvalue weighted by Gasteiger charge is 2.16. The van der Waals surface area contributed by atoms with Crippen LogP contribution in [-0.4, -0.2) is 16.5 Å². The average Bonchev–Trinajstić information content (AvgIpc) is 2.75. The lowest BCUT2D eigenvalue weighted by molar-refractivity contribution is 0.106. The number of para-hydroxylation sites is 1. The molecule has 0 aliphatic carbocycles. The Morgan fingerprint density at radius 1 is 0.704 bits per heavy atom. The summed E-state index contributed by atoms with van der Waals surface area (Å²) in [5.74, 6) is 0.443. The lowest BCUT2D eigenvalue weighted by atomic mass is 10.0. The van der Waals surface area contributed by atoms with Crippen molar-refractivity contribution in [2.45, 2.75) is 0 Å². The second-order valence-electron chi connectivity index (χ2n) is 6.02. The van der Waals surface area contributed by atoms with Crippen LogP contribution in [0.1, 0.15) is 15.9 Å². The van der Waals surface area contributed by atoms with Crippen LogP contribution < -0.4 is 5.43 Å². The van der Waals surface area contributed by atoms with Crippen LogP contribution in [0.15, 0.2) is 102 Å². The first-order valence-electron chi connectivity index (χ1n) is 8.66. The summed E-state index contributed by atoms with van der Waals surface area (Å²) in [5.41, 5.74) is 5.50. The van der Waals surface area contributed by atoms with Crippen molar-refractivity contribution in [1.82, 2.24) is 4.98 Å². The second kappa shape index (κ2) is 7.62. The molecule has 0 aliphatic rings. The Bertz CT molecular complexity index is 1110. The first kappa shape index (κ1) is 16.7. The predicted octanol–water partition coefficient (Wildman–Crippen LogP) is 4.93. The fourth-order valence-corrected chi connectivity index (χ4v) is 2.81. The quantitative estimate of drug-likeness (QED) is 0.315. The zero-order valence-corrected chi connectivity index (χ0v) is 14.5. The van der Waals surface area contributed by atoms with Crippen molar-refractivity contribution in [3.63, 3.8) is 0 Å². The summed E-state index contributed by atoms with van der Waals surface area (Å²) < 4.78 is 0. The van der Waals surface area contributed by atoms with E-state index < -0.39 is 0 Å². The number of carbonyl (C=O) groups excluding carboxylic acids is 1. The average molecular weight is 351 g/mol. The number of fused-ring (bicyclic) bond motifs is 1. The summed E-state index contributed by atoms with van der Waals surface area (Å²) in [6.07, 6.45) is 0. The number of Topliss-reactive ketones (excluding diaryl/α,β-unsaturated/α-hetero) is 1. The van der Waals surface area contributed by atoms with E-state index in [1.54, 1.807) is 12.1 Å². The van der Waals surface area contributed by atoms with Crippen LogP contribution in [0.5, 0.6) is 0 Å². The predicted molar refractivity (Wildman–Crippen MR) is 109 cm³/mol. The van der Waals surface area contributed by atoms with Crippen LogP contribution in [0.3, 0.4) is 0 Å². The number of rotatable bonds is 5. The van der Waals surface area contributed by atoms with Gasteiger partial charge < -0.3 is 0 Å².